The van der Waals surface area contributed by atoms with Crippen molar-refractivity contribution in [3.8, 4) is 5.75 Å². The molecule has 172 valence electrons. The molecule has 0 saturated carbocycles. The van der Waals surface area contributed by atoms with Gasteiger partial charge in [0.2, 0.25) is 5.91 Å². The van der Waals surface area contributed by atoms with Crippen LogP contribution in [0, 0.1) is 6.92 Å². The molecule has 4 rings (SSSR count). The summed E-state index contributed by atoms with van der Waals surface area (Å²) in [6.07, 6.45) is 7.46. The van der Waals surface area contributed by atoms with E-state index >= 15 is 0 Å². The largest absolute Gasteiger partial charge is 0.497 e. The molecule has 1 amide bonds. The normalized spacial score (nSPS) is 15.4. The summed E-state index contributed by atoms with van der Waals surface area (Å²) in [7, 11) is 3.64. The van der Waals surface area contributed by atoms with Crippen molar-refractivity contribution in [3.63, 3.8) is 0 Å². The van der Waals surface area contributed by atoms with E-state index in [9.17, 15) is 4.79 Å². The van der Waals surface area contributed by atoms with Gasteiger partial charge in [0.15, 0.2) is 0 Å². The fraction of sp³-hybridized carbons (Fsp3) is 0.360. The number of ether oxygens (including phenoxy) is 1. The van der Waals surface area contributed by atoms with Crippen LogP contribution in [0.15, 0.2) is 55.0 Å². The van der Waals surface area contributed by atoms with Crippen LogP contribution in [-0.4, -0.2) is 53.0 Å². The Bertz CT molecular complexity index is 1110. The molecule has 1 aromatic carbocycles. The van der Waals surface area contributed by atoms with Gasteiger partial charge in [-0.25, -0.2) is 9.97 Å². The average Bonchev–Trinajstić information content (AvgIpc) is 3.34. The van der Waals surface area contributed by atoms with Crippen LogP contribution >= 0.6 is 0 Å². The number of amides is 1. The highest BCUT2D eigenvalue weighted by Gasteiger charge is 2.31. The van der Waals surface area contributed by atoms with E-state index < -0.39 is 0 Å². The molecule has 0 spiro atoms. The Balaban J connectivity index is 1.41. The highest BCUT2D eigenvalue weighted by Crippen LogP contribution is 2.32. The number of anilines is 3. The Morgan fingerprint density at radius 2 is 2.15 bits per heavy atom. The Labute approximate surface area is 194 Å². The second-order valence-electron chi connectivity index (χ2n) is 8.24. The number of nitrogens with zero attached hydrogens (tertiary/aromatic N) is 5. The summed E-state index contributed by atoms with van der Waals surface area (Å²) >= 11 is 0. The molecule has 2 aromatic heterocycles. The molecule has 1 saturated heterocycles. The molecule has 0 unspecified atom stereocenters. The second-order valence-corrected chi connectivity index (χ2v) is 8.24. The lowest BCUT2D eigenvalue weighted by molar-refractivity contribution is -0.132. The minimum Gasteiger partial charge on any atom is -0.497 e. The third-order valence-corrected chi connectivity index (χ3v) is 5.98. The third kappa shape index (κ3) is 5.39. The zero-order chi connectivity index (χ0) is 23.2. The lowest BCUT2D eigenvalue weighted by Crippen LogP contribution is -2.33. The van der Waals surface area contributed by atoms with Crippen molar-refractivity contribution in [1.82, 2.24) is 19.9 Å². The van der Waals surface area contributed by atoms with Crippen molar-refractivity contribution in [2.24, 2.45) is 0 Å². The van der Waals surface area contributed by atoms with Crippen LogP contribution in [-0.2, 0) is 4.79 Å². The van der Waals surface area contributed by atoms with Crippen molar-refractivity contribution in [2.75, 3.05) is 37.5 Å². The summed E-state index contributed by atoms with van der Waals surface area (Å²) in [5.41, 5.74) is 2.86. The molecule has 0 bridgehead atoms. The second kappa shape index (κ2) is 10.3. The molecular formula is C25H30N6O2. The zero-order valence-corrected chi connectivity index (χ0v) is 19.4. The highest BCUT2D eigenvalue weighted by atomic mass is 16.5. The first-order chi connectivity index (χ1) is 16.0. The van der Waals surface area contributed by atoms with Crippen LogP contribution in [0.2, 0.25) is 0 Å². The maximum absolute atomic E-state index is 13.1. The number of carbonyl (C=O) groups is 1. The Morgan fingerprint density at radius 1 is 1.27 bits per heavy atom. The van der Waals surface area contributed by atoms with Crippen molar-refractivity contribution < 1.29 is 9.53 Å². The van der Waals surface area contributed by atoms with Crippen LogP contribution in [0.5, 0.6) is 5.75 Å². The number of hydrogen-bond donors (Lipinski definition) is 1. The predicted molar refractivity (Wildman–Crippen MR) is 129 cm³/mol. The average molecular weight is 447 g/mol. The zero-order valence-electron chi connectivity index (χ0n) is 19.4. The summed E-state index contributed by atoms with van der Waals surface area (Å²) in [6, 6.07) is 11.7. The van der Waals surface area contributed by atoms with E-state index in [4.69, 9.17) is 9.72 Å². The van der Waals surface area contributed by atoms with Crippen LogP contribution in [0.4, 0.5) is 17.3 Å². The first-order valence-corrected chi connectivity index (χ1v) is 11.2. The van der Waals surface area contributed by atoms with Crippen molar-refractivity contribution in [3.05, 3.63) is 66.2 Å². The fourth-order valence-electron chi connectivity index (χ4n) is 4.10. The van der Waals surface area contributed by atoms with E-state index in [0.717, 1.165) is 47.9 Å². The van der Waals surface area contributed by atoms with E-state index in [2.05, 4.69) is 20.2 Å². The summed E-state index contributed by atoms with van der Waals surface area (Å²) in [6.45, 7) is 3.36. The van der Waals surface area contributed by atoms with Crippen LogP contribution in [0.3, 0.4) is 0 Å². The first kappa shape index (κ1) is 22.5. The smallest absolute Gasteiger partial charge is 0.224 e. The molecule has 1 atom stereocenters. The number of benzene rings is 1. The fourth-order valence-corrected chi connectivity index (χ4v) is 4.10. The van der Waals surface area contributed by atoms with Gasteiger partial charge in [-0.15, -0.1) is 0 Å². The number of methoxy groups -OCH3 is 1. The number of rotatable bonds is 8. The van der Waals surface area contributed by atoms with E-state index in [0.29, 0.717) is 18.8 Å². The van der Waals surface area contributed by atoms with Gasteiger partial charge < -0.3 is 19.9 Å². The van der Waals surface area contributed by atoms with Gasteiger partial charge in [-0.2, -0.15) is 0 Å². The van der Waals surface area contributed by atoms with Gasteiger partial charge in [0.1, 0.15) is 17.4 Å². The van der Waals surface area contributed by atoms with Gasteiger partial charge in [0, 0.05) is 44.5 Å². The summed E-state index contributed by atoms with van der Waals surface area (Å²) in [5, 5.41) is 3.24. The maximum atomic E-state index is 13.1. The summed E-state index contributed by atoms with van der Waals surface area (Å²) < 4.78 is 5.30. The maximum Gasteiger partial charge on any atom is 0.224 e. The standard InChI is InChI=1S/C25H30N6O2/c1-18-7-5-12-27-25(18)29-23-17-26-16-21(28-23)22-10-6-13-31(22)24(32)11-14-30(2)19-8-4-9-20(15-19)33-3/h4-5,7-9,12,15-17,22H,6,10-11,13-14H2,1-3H3,(H,27,28,29)/t22-/m1/s1. The van der Waals surface area contributed by atoms with E-state index in [-0.39, 0.29) is 11.9 Å². The van der Waals surface area contributed by atoms with Crippen LogP contribution in [0.1, 0.15) is 36.6 Å². The number of nitrogens with one attached hydrogen (secondary N) is 1. The molecule has 3 heterocycles. The minimum absolute atomic E-state index is 0.0568. The molecule has 33 heavy (non-hydrogen) atoms. The van der Waals surface area contributed by atoms with E-state index in [1.807, 2.05) is 55.3 Å². The van der Waals surface area contributed by atoms with Gasteiger partial charge in [-0.05, 0) is 43.5 Å². The van der Waals surface area contributed by atoms with Gasteiger partial charge in [-0.1, -0.05) is 12.1 Å². The van der Waals surface area contributed by atoms with Gasteiger partial charge >= 0.3 is 0 Å². The number of aryl methyl sites for hydroxylation is 1. The monoisotopic (exact) mass is 446 g/mol. The number of carbonyl (C=O) groups excluding carboxylic acids is 1. The Hall–Kier alpha value is -3.68. The molecule has 3 aromatic rings. The summed E-state index contributed by atoms with van der Waals surface area (Å²) in [5.74, 6) is 2.32. The molecule has 8 nitrogen and oxygen atoms in total. The predicted octanol–water partition coefficient (Wildman–Crippen LogP) is 4.12. The van der Waals surface area contributed by atoms with Crippen LogP contribution < -0.4 is 15.0 Å². The van der Waals surface area contributed by atoms with Gasteiger partial charge in [0.25, 0.3) is 0 Å². The van der Waals surface area contributed by atoms with Crippen LogP contribution in [0.25, 0.3) is 0 Å². The lowest BCUT2D eigenvalue weighted by atomic mass is 10.1. The highest BCUT2D eigenvalue weighted by molar-refractivity contribution is 5.77. The Morgan fingerprint density at radius 3 is 2.97 bits per heavy atom. The molecular weight excluding hydrogens is 416 g/mol. The van der Waals surface area contributed by atoms with Crippen molar-refractivity contribution >= 4 is 23.2 Å². The molecule has 8 heteroatoms. The first-order valence-electron chi connectivity index (χ1n) is 11.2. The van der Waals surface area contributed by atoms with Gasteiger partial charge in [-0.3, -0.25) is 9.78 Å². The van der Waals surface area contributed by atoms with Crippen molar-refractivity contribution in [2.45, 2.75) is 32.2 Å². The van der Waals surface area contributed by atoms with Crippen molar-refractivity contribution in [1.29, 1.82) is 0 Å². The Kier molecular flexibility index (Phi) is 7.02. The SMILES string of the molecule is COc1cccc(N(C)CCC(=O)N2CCC[C@@H]2c2cncc(Nc3ncccc3C)n2)c1. The molecule has 1 aliphatic heterocycles. The molecule has 1 fully saturated rings. The number of hydrogen-bond acceptors (Lipinski definition) is 7. The molecule has 0 aliphatic carbocycles. The summed E-state index contributed by atoms with van der Waals surface area (Å²) in [4.78, 5) is 30.6. The lowest BCUT2D eigenvalue weighted by Gasteiger charge is -2.26. The quantitative estimate of drug-likeness (QED) is 0.557. The van der Waals surface area contributed by atoms with E-state index in [1.165, 1.54) is 0 Å². The third-order valence-electron chi connectivity index (χ3n) is 5.98. The molecule has 0 radical (unpaired) electrons. The van der Waals surface area contributed by atoms with Gasteiger partial charge in [0.05, 0.1) is 31.2 Å². The number of aromatic nitrogens is 3. The molecule has 1 aliphatic rings. The number of pyridine rings is 1. The molecule has 1 N–H and O–H groups in total. The van der Waals surface area contributed by atoms with E-state index in [1.54, 1.807) is 25.7 Å². The topological polar surface area (TPSA) is 83.5 Å². The minimum atomic E-state index is -0.0568. The number of likely N-dealkylation sites (tertiary alicyclic amines) is 1.